The van der Waals surface area contributed by atoms with Crippen LogP contribution in [0.3, 0.4) is 0 Å². The van der Waals surface area contributed by atoms with Crippen molar-refractivity contribution in [3.63, 3.8) is 0 Å². The molecule has 0 fully saturated rings. The van der Waals surface area contributed by atoms with Crippen molar-refractivity contribution in [2.45, 2.75) is 12.1 Å². The van der Waals surface area contributed by atoms with Crippen LogP contribution < -0.4 is 4.74 Å². The first-order valence-corrected chi connectivity index (χ1v) is 6.62. The molecule has 20 heavy (non-hydrogen) atoms. The SMILES string of the molecule is O=CC1=CC=CN2C=CC=C3Cc4ccccc4OC132. The van der Waals surface area contributed by atoms with Gasteiger partial charge in [-0.15, -0.1) is 0 Å². The topological polar surface area (TPSA) is 29.5 Å². The summed E-state index contributed by atoms with van der Waals surface area (Å²) < 4.78 is 6.29. The second-order valence-electron chi connectivity index (χ2n) is 5.05. The molecule has 3 aliphatic rings. The van der Waals surface area contributed by atoms with Crippen molar-refractivity contribution >= 4 is 6.29 Å². The highest BCUT2D eigenvalue weighted by Crippen LogP contribution is 2.45. The number of aldehydes is 1. The minimum Gasteiger partial charge on any atom is -0.459 e. The largest absolute Gasteiger partial charge is 0.459 e. The van der Waals surface area contributed by atoms with E-state index in [9.17, 15) is 4.79 Å². The van der Waals surface area contributed by atoms with E-state index in [2.05, 4.69) is 6.07 Å². The highest BCUT2D eigenvalue weighted by Gasteiger charge is 2.49. The molecule has 4 rings (SSSR count). The minimum atomic E-state index is -0.806. The molecule has 1 unspecified atom stereocenters. The number of nitrogens with zero attached hydrogens (tertiary/aromatic N) is 1. The lowest BCUT2D eigenvalue weighted by Gasteiger charge is -2.48. The molecular formula is C17H13NO2. The van der Waals surface area contributed by atoms with E-state index >= 15 is 0 Å². The number of ether oxygens (including phenoxy) is 1. The van der Waals surface area contributed by atoms with E-state index in [1.165, 1.54) is 0 Å². The van der Waals surface area contributed by atoms with Gasteiger partial charge >= 0.3 is 0 Å². The molecule has 0 saturated heterocycles. The van der Waals surface area contributed by atoms with Gasteiger partial charge in [0.1, 0.15) is 5.75 Å². The number of carbonyl (C=O) groups is 1. The molecule has 0 aromatic heterocycles. The molecule has 3 heterocycles. The Morgan fingerprint density at radius 1 is 1.15 bits per heavy atom. The second kappa shape index (κ2) is 3.97. The normalized spacial score (nSPS) is 25.7. The van der Waals surface area contributed by atoms with Crippen molar-refractivity contribution < 1.29 is 9.53 Å². The number of carbonyl (C=O) groups excluding carboxylic acids is 1. The van der Waals surface area contributed by atoms with Gasteiger partial charge in [-0.05, 0) is 29.9 Å². The first kappa shape index (κ1) is 11.3. The van der Waals surface area contributed by atoms with Crippen LogP contribution in [0, 0.1) is 0 Å². The fraction of sp³-hybridized carbons (Fsp3) is 0.118. The highest BCUT2D eigenvalue weighted by atomic mass is 16.5. The molecule has 0 radical (unpaired) electrons. The van der Waals surface area contributed by atoms with Gasteiger partial charge in [0.15, 0.2) is 6.29 Å². The first-order chi connectivity index (χ1) is 9.84. The Labute approximate surface area is 117 Å². The van der Waals surface area contributed by atoms with Crippen LogP contribution in [0.5, 0.6) is 5.75 Å². The smallest absolute Gasteiger partial charge is 0.238 e. The summed E-state index contributed by atoms with van der Waals surface area (Å²) in [5, 5.41) is 0. The number of hydrogen-bond acceptors (Lipinski definition) is 3. The van der Waals surface area contributed by atoms with Crippen LogP contribution in [0.15, 0.2) is 72.1 Å². The Morgan fingerprint density at radius 2 is 1.95 bits per heavy atom. The predicted molar refractivity (Wildman–Crippen MR) is 75.9 cm³/mol. The number of hydrogen-bond donors (Lipinski definition) is 0. The van der Waals surface area contributed by atoms with E-state index < -0.39 is 5.72 Å². The van der Waals surface area contributed by atoms with Crippen molar-refractivity contribution in [2.75, 3.05) is 0 Å². The van der Waals surface area contributed by atoms with E-state index in [-0.39, 0.29) is 0 Å². The van der Waals surface area contributed by atoms with Gasteiger partial charge in [0.25, 0.3) is 0 Å². The molecule has 1 aromatic carbocycles. The molecule has 0 bridgehead atoms. The fourth-order valence-corrected chi connectivity index (χ4v) is 3.07. The Morgan fingerprint density at radius 3 is 2.80 bits per heavy atom. The molecule has 1 atom stereocenters. The Balaban J connectivity index is 1.94. The third kappa shape index (κ3) is 1.32. The lowest BCUT2D eigenvalue weighted by atomic mass is 9.83. The Kier molecular flexibility index (Phi) is 2.24. The van der Waals surface area contributed by atoms with Gasteiger partial charge in [-0.3, -0.25) is 4.79 Å². The number of fused-ring (bicyclic) bond motifs is 1. The van der Waals surface area contributed by atoms with E-state index in [1.54, 1.807) is 0 Å². The van der Waals surface area contributed by atoms with E-state index in [0.29, 0.717) is 5.57 Å². The van der Waals surface area contributed by atoms with Crippen LogP contribution in [0.2, 0.25) is 0 Å². The number of para-hydroxylation sites is 1. The quantitative estimate of drug-likeness (QED) is 0.730. The Hall–Kier alpha value is -2.55. The zero-order valence-electron chi connectivity index (χ0n) is 10.8. The van der Waals surface area contributed by atoms with Crippen LogP contribution in [0.25, 0.3) is 0 Å². The van der Waals surface area contributed by atoms with Crippen molar-refractivity contribution in [1.82, 2.24) is 4.90 Å². The zero-order chi connectivity index (χ0) is 13.6. The van der Waals surface area contributed by atoms with Crippen molar-refractivity contribution in [3.05, 3.63) is 77.7 Å². The number of allylic oxidation sites excluding steroid dienone is 4. The summed E-state index contributed by atoms with van der Waals surface area (Å²) in [5.41, 5.74) is 2.06. The van der Waals surface area contributed by atoms with Gasteiger partial charge in [-0.1, -0.05) is 24.3 Å². The Bertz CT molecular complexity index is 711. The van der Waals surface area contributed by atoms with Gasteiger partial charge in [-0.25, -0.2) is 0 Å². The summed E-state index contributed by atoms with van der Waals surface area (Å²) in [5.74, 6) is 0.841. The monoisotopic (exact) mass is 263 g/mol. The van der Waals surface area contributed by atoms with E-state index in [0.717, 1.165) is 29.6 Å². The summed E-state index contributed by atoms with van der Waals surface area (Å²) >= 11 is 0. The predicted octanol–water partition coefficient (Wildman–Crippen LogP) is 2.73. The molecule has 0 N–H and O–H groups in total. The maximum absolute atomic E-state index is 11.5. The van der Waals surface area contributed by atoms with Crippen LogP contribution in [-0.2, 0) is 11.2 Å². The standard InChI is InChI=1S/C17H13NO2/c19-12-15-7-4-10-18-9-3-6-14-11-13-5-1-2-8-16(13)20-17(14,15)18/h1-10,12H,11H2. The van der Waals surface area contributed by atoms with Gasteiger partial charge in [0.2, 0.25) is 5.72 Å². The summed E-state index contributed by atoms with van der Waals surface area (Å²) in [6.45, 7) is 0. The van der Waals surface area contributed by atoms with Gasteiger partial charge in [0, 0.05) is 24.4 Å². The maximum atomic E-state index is 11.5. The zero-order valence-corrected chi connectivity index (χ0v) is 10.8. The van der Waals surface area contributed by atoms with E-state index in [4.69, 9.17) is 4.74 Å². The molecule has 3 aliphatic heterocycles. The van der Waals surface area contributed by atoms with Crippen LogP contribution in [0.4, 0.5) is 0 Å². The second-order valence-corrected chi connectivity index (χ2v) is 5.05. The molecule has 0 saturated carbocycles. The maximum Gasteiger partial charge on any atom is 0.238 e. The highest BCUT2D eigenvalue weighted by molar-refractivity contribution is 5.80. The van der Waals surface area contributed by atoms with Crippen molar-refractivity contribution in [3.8, 4) is 5.75 Å². The molecule has 0 amide bonds. The molecule has 1 aromatic rings. The molecule has 1 spiro atoms. The lowest BCUT2D eigenvalue weighted by Crippen LogP contribution is -2.56. The third-order valence-electron chi connectivity index (χ3n) is 3.99. The molecular weight excluding hydrogens is 250 g/mol. The van der Waals surface area contributed by atoms with Crippen LogP contribution >= 0.6 is 0 Å². The van der Waals surface area contributed by atoms with E-state index in [1.807, 2.05) is 59.8 Å². The van der Waals surface area contributed by atoms with Crippen molar-refractivity contribution in [2.24, 2.45) is 0 Å². The molecule has 3 nitrogen and oxygen atoms in total. The van der Waals surface area contributed by atoms with Gasteiger partial charge < -0.3 is 9.64 Å². The molecule has 0 aliphatic carbocycles. The van der Waals surface area contributed by atoms with Crippen molar-refractivity contribution in [1.29, 1.82) is 0 Å². The average molecular weight is 263 g/mol. The summed E-state index contributed by atoms with van der Waals surface area (Å²) in [6, 6.07) is 7.98. The number of benzene rings is 1. The summed E-state index contributed by atoms with van der Waals surface area (Å²) in [6.07, 6.45) is 13.3. The summed E-state index contributed by atoms with van der Waals surface area (Å²) in [4.78, 5) is 13.5. The average Bonchev–Trinajstić information content (AvgIpc) is 2.50. The fourth-order valence-electron chi connectivity index (χ4n) is 3.07. The third-order valence-corrected chi connectivity index (χ3v) is 3.99. The summed E-state index contributed by atoms with van der Waals surface area (Å²) in [7, 11) is 0. The van der Waals surface area contributed by atoms with Crippen LogP contribution in [-0.4, -0.2) is 16.9 Å². The number of rotatable bonds is 1. The minimum absolute atomic E-state index is 0.630. The molecule has 98 valence electrons. The van der Waals surface area contributed by atoms with Crippen LogP contribution in [0.1, 0.15) is 5.56 Å². The first-order valence-electron chi connectivity index (χ1n) is 6.62. The van der Waals surface area contributed by atoms with Gasteiger partial charge in [0.05, 0.1) is 5.57 Å². The van der Waals surface area contributed by atoms with Gasteiger partial charge in [-0.2, -0.15) is 0 Å². The molecule has 3 heteroatoms. The lowest BCUT2D eigenvalue weighted by molar-refractivity contribution is -0.107.